The maximum Gasteiger partial charge on any atom is 0.328 e. The van der Waals surface area contributed by atoms with E-state index in [-0.39, 0.29) is 17.4 Å². The van der Waals surface area contributed by atoms with Crippen LogP contribution in [0, 0.1) is 5.82 Å². The van der Waals surface area contributed by atoms with E-state index in [2.05, 4.69) is 26.5 Å². The van der Waals surface area contributed by atoms with E-state index in [4.69, 9.17) is 14.9 Å². The number of likely N-dealkylation sites (tertiary alicyclic amines) is 1. The maximum atomic E-state index is 14.3. The highest BCUT2D eigenvalue weighted by Crippen LogP contribution is 2.34. The van der Waals surface area contributed by atoms with Crippen LogP contribution in [0.15, 0.2) is 47.3 Å². The molecule has 2 aromatic heterocycles. The second kappa shape index (κ2) is 13.2. The molecule has 1 aliphatic carbocycles. The lowest BCUT2D eigenvalue weighted by Gasteiger charge is -2.36. The van der Waals surface area contributed by atoms with Crippen LogP contribution in [-0.4, -0.2) is 74.1 Å². The third-order valence-electron chi connectivity index (χ3n) is 7.90. The van der Waals surface area contributed by atoms with Crippen LogP contribution in [0.3, 0.4) is 0 Å². The Morgan fingerprint density at radius 3 is 2.50 bits per heavy atom. The highest BCUT2D eigenvalue weighted by molar-refractivity contribution is 5.89. The number of piperidine rings is 1. The third-order valence-corrected chi connectivity index (χ3v) is 7.90. The number of carboxylic acids is 2. The summed E-state index contributed by atoms with van der Waals surface area (Å²) in [4.78, 5) is 34.2. The molecule has 0 amide bonds. The number of aryl methyl sites for hydroxylation is 2. The van der Waals surface area contributed by atoms with Crippen LogP contribution in [0.5, 0.6) is 5.75 Å². The van der Waals surface area contributed by atoms with Crippen LogP contribution in [0.2, 0.25) is 0 Å². The van der Waals surface area contributed by atoms with Gasteiger partial charge >= 0.3 is 11.9 Å². The predicted molar refractivity (Wildman–Crippen MR) is 152 cm³/mol. The van der Waals surface area contributed by atoms with E-state index in [0.29, 0.717) is 30.3 Å². The van der Waals surface area contributed by atoms with Gasteiger partial charge in [0.15, 0.2) is 11.6 Å². The minimum Gasteiger partial charge on any atom is -0.486 e. The number of aliphatic carboxylic acids is 2. The van der Waals surface area contributed by atoms with Gasteiger partial charge in [0.2, 0.25) is 0 Å². The third kappa shape index (κ3) is 7.00. The van der Waals surface area contributed by atoms with Crippen LogP contribution >= 0.6 is 0 Å². The van der Waals surface area contributed by atoms with Crippen molar-refractivity contribution in [2.45, 2.75) is 57.2 Å². The maximum absolute atomic E-state index is 14.3. The first-order valence-electron chi connectivity index (χ1n) is 14.2. The van der Waals surface area contributed by atoms with Crippen LogP contribution in [-0.2, 0) is 29.0 Å². The molecule has 3 aromatic rings. The summed E-state index contributed by atoms with van der Waals surface area (Å²) in [5.41, 5.74) is 4.05. The van der Waals surface area contributed by atoms with Crippen molar-refractivity contribution in [2.24, 2.45) is 0 Å². The quantitative estimate of drug-likeness (QED) is 0.357. The fraction of sp³-hybridized carbons (Fsp3) is 0.433. The lowest BCUT2D eigenvalue weighted by molar-refractivity contribution is -0.134. The van der Waals surface area contributed by atoms with Crippen LogP contribution in [0.1, 0.15) is 48.7 Å². The second-order valence-electron chi connectivity index (χ2n) is 10.8. The molecule has 4 heterocycles. The summed E-state index contributed by atoms with van der Waals surface area (Å²) in [6.45, 7) is 3.68. The molecular weight excluding hydrogens is 545 g/mol. The van der Waals surface area contributed by atoms with Gasteiger partial charge in [-0.05, 0) is 81.4 Å². The Balaban J connectivity index is 0.000000390. The zero-order chi connectivity index (χ0) is 29.6. The largest absolute Gasteiger partial charge is 0.486 e. The number of benzene rings is 1. The van der Waals surface area contributed by atoms with E-state index in [0.717, 1.165) is 62.9 Å². The Hall–Kier alpha value is -4.16. The monoisotopic (exact) mass is 579 g/mol. The summed E-state index contributed by atoms with van der Waals surface area (Å²) in [5.74, 6) is -2.74. The number of aromatic nitrogens is 3. The van der Waals surface area contributed by atoms with E-state index in [1.165, 1.54) is 30.2 Å². The van der Waals surface area contributed by atoms with Gasteiger partial charge < -0.3 is 25.2 Å². The van der Waals surface area contributed by atoms with Crippen molar-refractivity contribution in [1.82, 2.24) is 25.0 Å². The molecule has 2 aliphatic heterocycles. The van der Waals surface area contributed by atoms with Crippen molar-refractivity contribution in [3.8, 4) is 5.75 Å². The number of carbonyl (C=O) groups is 2. The summed E-state index contributed by atoms with van der Waals surface area (Å²) in [5, 5.41) is 29.0. The summed E-state index contributed by atoms with van der Waals surface area (Å²) in [6.07, 6.45) is 7.84. The zero-order valence-electron chi connectivity index (χ0n) is 23.2. The number of nitrogens with one attached hydrogen (secondary N) is 1. The fourth-order valence-corrected chi connectivity index (χ4v) is 5.82. The van der Waals surface area contributed by atoms with Gasteiger partial charge in [0.25, 0.3) is 5.56 Å². The smallest absolute Gasteiger partial charge is 0.328 e. The number of nitrogens with zero attached hydrogens (tertiary/aromatic N) is 4. The van der Waals surface area contributed by atoms with Gasteiger partial charge in [-0.15, -0.1) is 0 Å². The lowest BCUT2D eigenvalue weighted by atomic mass is 9.96. The molecule has 1 fully saturated rings. The molecule has 0 saturated carbocycles. The van der Waals surface area contributed by atoms with E-state index < -0.39 is 17.8 Å². The SMILES string of the molecule is O=C(O)/C=C/C(=O)O.O=c1ccc2ccc(F)c3c2n1[C@H](CN1CCC(NCc2cc4c(nn2)CCCC4)CC1)CO3. The molecule has 12 heteroatoms. The standard InChI is InChI=1S/C26H30FN5O2.C4H4O4/c27-22-7-5-17-6-8-24(33)32-21(16-34-26(22)25(17)32)15-31-11-9-19(10-12-31)28-14-20-13-18-3-1-2-4-23(18)30-29-20;5-3(6)1-2-4(7)8/h5-8,13,19,21,28H,1-4,9-12,14-16H2;1-2H,(H,5,6)(H,7,8)/b;2-1+/t21-;/m1./s1. The number of carboxylic acid groups (broad SMARTS) is 2. The molecular formula is C30H34FN5O6. The number of rotatable bonds is 7. The highest BCUT2D eigenvalue weighted by Gasteiger charge is 2.29. The predicted octanol–water partition coefficient (Wildman–Crippen LogP) is 2.71. The minimum atomic E-state index is -1.26. The Bertz CT molecular complexity index is 1530. The molecule has 0 unspecified atom stereocenters. The Labute approximate surface area is 241 Å². The van der Waals surface area contributed by atoms with Gasteiger partial charge in [0, 0.05) is 42.7 Å². The molecule has 6 rings (SSSR count). The van der Waals surface area contributed by atoms with Crippen molar-refractivity contribution in [1.29, 1.82) is 0 Å². The molecule has 11 nitrogen and oxygen atoms in total. The summed E-state index contributed by atoms with van der Waals surface area (Å²) < 4.78 is 21.8. The van der Waals surface area contributed by atoms with Gasteiger partial charge in [-0.3, -0.25) is 9.36 Å². The molecule has 0 spiro atoms. The number of fused-ring (bicyclic) bond motifs is 1. The fourth-order valence-electron chi connectivity index (χ4n) is 5.82. The van der Waals surface area contributed by atoms with Crippen LogP contribution in [0.4, 0.5) is 4.39 Å². The van der Waals surface area contributed by atoms with E-state index >= 15 is 0 Å². The normalized spacial score (nSPS) is 18.6. The Morgan fingerprint density at radius 2 is 1.76 bits per heavy atom. The first-order valence-corrected chi connectivity index (χ1v) is 14.2. The lowest BCUT2D eigenvalue weighted by Crippen LogP contribution is -2.46. The number of hydrogen-bond donors (Lipinski definition) is 3. The Kier molecular flexibility index (Phi) is 9.23. The molecule has 0 radical (unpaired) electrons. The van der Waals surface area contributed by atoms with Gasteiger partial charge in [0.1, 0.15) is 6.61 Å². The molecule has 42 heavy (non-hydrogen) atoms. The average Bonchev–Trinajstić information content (AvgIpc) is 2.99. The number of hydrogen-bond acceptors (Lipinski definition) is 8. The van der Waals surface area contributed by atoms with Crippen molar-refractivity contribution in [3.05, 3.63) is 75.6 Å². The molecule has 3 aliphatic rings. The number of pyridine rings is 1. The average molecular weight is 580 g/mol. The van der Waals surface area contributed by atoms with E-state index in [1.54, 1.807) is 22.8 Å². The molecule has 222 valence electrons. The first-order chi connectivity index (χ1) is 20.3. The van der Waals surface area contributed by atoms with Gasteiger partial charge in [0.05, 0.1) is 22.9 Å². The second-order valence-corrected chi connectivity index (χ2v) is 10.8. The summed E-state index contributed by atoms with van der Waals surface area (Å²) >= 11 is 0. The van der Waals surface area contributed by atoms with Crippen molar-refractivity contribution < 1.29 is 28.9 Å². The molecule has 1 atom stereocenters. The Morgan fingerprint density at radius 1 is 1.05 bits per heavy atom. The highest BCUT2D eigenvalue weighted by atomic mass is 19.1. The number of halogens is 1. The summed E-state index contributed by atoms with van der Waals surface area (Å²) in [6, 6.07) is 8.97. The van der Waals surface area contributed by atoms with E-state index in [1.807, 2.05) is 0 Å². The topological polar surface area (TPSA) is 147 Å². The van der Waals surface area contributed by atoms with E-state index in [9.17, 15) is 18.8 Å². The van der Waals surface area contributed by atoms with Crippen molar-refractivity contribution in [2.75, 3.05) is 26.2 Å². The van der Waals surface area contributed by atoms with Crippen molar-refractivity contribution in [3.63, 3.8) is 0 Å². The molecule has 0 bridgehead atoms. The van der Waals surface area contributed by atoms with Crippen LogP contribution in [0.25, 0.3) is 10.9 Å². The van der Waals surface area contributed by atoms with Crippen LogP contribution < -0.4 is 15.6 Å². The van der Waals surface area contributed by atoms with Gasteiger partial charge in [-0.1, -0.05) is 0 Å². The molecule has 1 aromatic carbocycles. The minimum absolute atomic E-state index is 0.102. The van der Waals surface area contributed by atoms with Crippen molar-refractivity contribution >= 4 is 22.8 Å². The zero-order valence-corrected chi connectivity index (χ0v) is 23.2. The number of ether oxygens (including phenoxy) is 1. The molecule has 1 saturated heterocycles. The van der Waals surface area contributed by atoms with Gasteiger partial charge in [-0.2, -0.15) is 10.2 Å². The molecule has 3 N–H and O–H groups in total. The first kappa shape index (κ1) is 29.3. The summed E-state index contributed by atoms with van der Waals surface area (Å²) in [7, 11) is 0. The van der Waals surface area contributed by atoms with Gasteiger partial charge in [-0.25, -0.2) is 14.0 Å².